The summed E-state index contributed by atoms with van der Waals surface area (Å²) < 4.78 is 0. The second-order valence-electron chi connectivity index (χ2n) is 6.05. The first-order chi connectivity index (χ1) is 8.92. The molecule has 0 bridgehead atoms. The van der Waals surface area contributed by atoms with Crippen LogP contribution >= 0.6 is 11.3 Å². The van der Waals surface area contributed by atoms with Gasteiger partial charge in [-0.1, -0.05) is 0 Å². The number of aliphatic carboxylic acids is 1. The van der Waals surface area contributed by atoms with E-state index in [0.29, 0.717) is 6.04 Å². The van der Waals surface area contributed by atoms with Gasteiger partial charge in [0.15, 0.2) is 0 Å². The predicted octanol–water partition coefficient (Wildman–Crippen LogP) is 3.56. The van der Waals surface area contributed by atoms with Gasteiger partial charge in [-0.05, 0) is 63.6 Å². The SMILES string of the molecule is CC1c2ccsc2CCN1CCCC(C)(C)C(=O)O. The third-order valence-corrected chi connectivity index (χ3v) is 5.23. The molecule has 1 N–H and O–H groups in total. The maximum atomic E-state index is 11.1. The lowest BCUT2D eigenvalue weighted by molar-refractivity contribution is -0.147. The second-order valence-corrected chi connectivity index (χ2v) is 7.05. The van der Waals surface area contributed by atoms with Gasteiger partial charge in [-0.3, -0.25) is 9.69 Å². The molecule has 106 valence electrons. The van der Waals surface area contributed by atoms with E-state index in [4.69, 9.17) is 5.11 Å². The average molecular weight is 281 g/mol. The highest BCUT2D eigenvalue weighted by Crippen LogP contribution is 2.33. The van der Waals surface area contributed by atoms with Crippen molar-refractivity contribution in [1.82, 2.24) is 4.90 Å². The molecule has 1 aliphatic rings. The molecule has 0 radical (unpaired) electrons. The van der Waals surface area contributed by atoms with E-state index >= 15 is 0 Å². The first-order valence-corrected chi connectivity index (χ1v) is 7.83. The van der Waals surface area contributed by atoms with Crippen molar-refractivity contribution in [2.75, 3.05) is 13.1 Å². The Morgan fingerprint density at radius 1 is 1.58 bits per heavy atom. The Bertz CT molecular complexity index is 453. The van der Waals surface area contributed by atoms with Crippen LogP contribution in [0.5, 0.6) is 0 Å². The van der Waals surface area contributed by atoms with Gasteiger partial charge >= 0.3 is 5.97 Å². The lowest BCUT2D eigenvalue weighted by Gasteiger charge is -2.34. The number of carbonyl (C=O) groups is 1. The van der Waals surface area contributed by atoms with E-state index in [1.165, 1.54) is 10.4 Å². The number of fused-ring (bicyclic) bond motifs is 1. The molecule has 0 aliphatic carbocycles. The molecule has 1 aliphatic heterocycles. The minimum absolute atomic E-state index is 0.475. The summed E-state index contributed by atoms with van der Waals surface area (Å²) >= 11 is 1.86. The van der Waals surface area contributed by atoms with Gasteiger partial charge in [-0.15, -0.1) is 11.3 Å². The molecule has 4 heteroatoms. The summed E-state index contributed by atoms with van der Waals surface area (Å²) in [4.78, 5) is 15.1. The second kappa shape index (κ2) is 5.63. The Balaban J connectivity index is 1.87. The quantitative estimate of drug-likeness (QED) is 0.897. The molecule has 0 saturated carbocycles. The number of nitrogens with zero attached hydrogens (tertiary/aromatic N) is 1. The number of thiophene rings is 1. The minimum Gasteiger partial charge on any atom is -0.481 e. The standard InChI is InChI=1S/C15H23NO2S/c1-11-12-6-10-19-13(12)5-9-16(11)8-4-7-15(2,3)14(17)18/h6,10-11H,4-5,7-9H2,1-3H3,(H,17,18). The molecule has 3 nitrogen and oxygen atoms in total. The van der Waals surface area contributed by atoms with Gasteiger partial charge in [-0.2, -0.15) is 0 Å². The topological polar surface area (TPSA) is 40.5 Å². The van der Waals surface area contributed by atoms with Gasteiger partial charge in [0.25, 0.3) is 0 Å². The van der Waals surface area contributed by atoms with E-state index in [-0.39, 0.29) is 0 Å². The maximum Gasteiger partial charge on any atom is 0.309 e. The normalized spacial score (nSPS) is 20.3. The fourth-order valence-electron chi connectivity index (χ4n) is 2.70. The zero-order valence-electron chi connectivity index (χ0n) is 12.0. The zero-order chi connectivity index (χ0) is 14.0. The summed E-state index contributed by atoms with van der Waals surface area (Å²) in [7, 11) is 0. The van der Waals surface area contributed by atoms with Gasteiger partial charge in [0.05, 0.1) is 5.41 Å². The highest BCUT2D eigenvalue weighted by atomic mass is 32.1. The summed E-state index contributed by atoms with van der Waals surface area (Å²) in [6.07, 6.45) is 2.82. The zero-order valence-corrected chi connectivity index (χ0v) is 12.8. The van der Waals surface area contributed by atoms with E-state index in [1.807, 2.05) is 25.2 Å². The van der Waals surface area contributed by atoms with Crippen LogP contribution in [-0.4, -0.2) is 29.1 Å². The predicted molar refractivity (Wildman–Crippen MR) is 78.7 cm³/mol. The van der Waals surface area contributed by atoms with E-state index in [0.717, 1.165) is 32.4 Å². The summed E-state index contributed by atoms with van der Waals surface area (Å²) in [6, 6.07) is 2.71. The Hall–Kier alpha value is -0.870. The van der Waals surface area contributed by atoms with Crippen molar-refractivity contribution in [3.05, 3.63) is 21.9 Å². The highest BCUT2D eigenvalue weighted by molar-refractivity contribution is 7.10. The first kappa shape index (κ1) is 14.5. The molecule has 19 heavy (non-hydrogen) atoms. The van der Waals surface area contributed by atoms with Crippen molar-refractivity contribution in [3.63, 3.8) is 0 Å². The Morgan fingerprint density at radius 3 is 3.00 bits per heavy atom. The van der Waals surface area contributed by atoms with Gasteiger partial charge in [0, 0.05) is 17.5 Å². The van der Waals surface area contributed by atoms with Crippen LogP contribution < -0.4 is 0 Å². The first-order valence-electron chi connectivity index (χ1n) is 6.95. The van der Waals surface area contributed by atoms with Crippen LogP contribution in [0.15, 0.2) is 11.4 Å². The monoisotopic (exact) mass is 281 g/mol. The Labute approximate surface area is 119 Å². The van der Waals surface area contributed by atoms with Crippen molar-refractivity contribution >= 4 is 17.3 Å². The Kier molecular flexibility index (Phi) is 4.31. The highest BCUT2D eigenvalue weighted by Gasteiger charge is 2.28. The summed E-state index contributed by atoms with van der Waals surface area (Å²) in [6.45, 7) is 7.97. The molecule has 2 heterocycles. The van der Waals surface area contributed by atoms with Crippen molar-refractivity contribution in [2.45, 2.75) is 46.1 Å². The largest absolute Gasteiger partial charge is 0.481 e. The van der Waals surface area contributed by atoms with Crippen molar-refractivity contribution in [3.8, 4) is 0 Å². The van der Waals surface area contributed by atoms with Crippen LogP contribution in [0, 0.1) is 5.41 Å². The Morgan fingerprint density at radius 2 is 2.32 bits per heavy atom. The van der Waals surface area contributed by atoms with Crippen LogP contribution in [0.2, 0.25) is 0 Å². The fraction of sp³-hybridized carbons (Fsp3) is 0.667. The molecule has 1 aromatic rings. The van der Waals surface area contributed by atoms with E-state index in [1.54, 1.807) is 0 Å². The number of hydrogen-bond acceptors (Lipinski definition) is 3. The van der Waals surface area contributed by atoms with Gasteiger partial charge in [0.2, 0.25) is 0 Å². The third kappa shape index (κ3) is 3.18. The van der Waals surface area contributed by atoms with Crippen LogP contribution in [0.4, 0.5) is 0 Å². The summed E-state index contributed by atoms with van der Waals surface area (Å²) in [5.74, 6) is -0.695. The van der Waals surface area contributed by atoms with Crippen LogP contribution in [0.1, 0.15) is 50.1 Å². The lowest BCUT2D eigenvalue weighted by atomic mass is 9.88. The third-order valence-electron chi connectivity index (χ3n) is 4.23. The van der Waals surface area contributed by atoms with Gasteiger partial charge in [0.1, 0.15) is 0 Å². The number of carboxylic acids is 1. The van der Waals surface area contributed by atoms with Gasteiger partial charge in [-0.25, -0.2) is 0 Å². The summed E-state index contributed by atoms with van der Waals surface area (Å²) in [5.41, 5.74) is 0.862. The minimum atomic E-state index is -0.695. The number of rotatable bonds is 5. The van der Waals surface area contributed by atoms with Gasteiger partial charge < -0.3 is 5.11 Å². The molecule has 0 aromatic carbocycles. The molecule has 2 rings (SSSR count). The summed E-state index contributed by atoms with van der Waals surface area (Å²) in [5, 5.41) is 11.3. The van der Waals surface area contributed by atoms with Crippen LogP contribution in [-0.2, 0) is 11.2 Å². The molecule has 0 fully saturated rings. The van der Waals surface area contributed by atoms with Crippen molar-refractivity contribution in [1.29, 1.82) is 0 Å². The molecule has 0 saturated heterocycles. The molecule has 0 spiro atoms. The van der Waals surface area contributed by atoms with E-state index < -0.39 is 11.4 Å². The van der Waals surface area contributed by atoms with Crippen molar-refractivity contribution in [2.24, 2.45) is 5.41 Å². The van der Waals surface area contributed by atoms with E-state index in [2.05, 4.69) is 23.3 Å². The number of hydrogen-bond donors (Lipinski definition) is 1. The van der Waals surface area contributed by atoms with E-state index in [9.17, 15) is 4.79 Å². The molecule has 1 aromatic heterocycles. The fourth-order valence-corrected chi connectivity index (χ4v) is 3.66. The van der Waals surface area contributed by atoms with Crippen LogP contribution in [0.3, 0.4) is 0 Å². The van der Waals surface area contributed by atoms with Crippen LogP contribution in [0.25, 0.3) is 0 Å². The molecule has 0 amide bonds. The smallest absolute Gasteiger partial charge is 0.309 e. The molecule has 1 unspecified atom stereocenters. The lowest BCUT2D eigenvalue weighted by Crippen LogP contribution is -2.35. The maximum absolute atomic E-state index is 11.1. The number of carboxylic acid groups (broad SMARTS) is 1. The molecular weight excluding hydrogens is 258 g/mol. The molecular formula is C15H23NO2S. The van der Waals surface area contributed by atoms with Crippen molar-refractivity contribution < 1.29 is 9.90 Å². The average Bonchev–Trinajstić information content (AvgIpc) is 2.80. The molecule has 1 atom stereocenters.